The molecule has 0 saturated carbocycles. The average molecular weight is 315 g/mol. The summed E-state index contributed by atoms with van der Waals surface area (Å²) in [6.07, 6.45) is 4.37. The van der Waals surface area contributed by atoms with Crippen molar-refractivity contribution in [3.05, 3.63) is 28.5 Å². The first-order valence-corrected chi connectivity index (χ1v) is 6.97. The van der Waals surface area contributed by atoms with Gasteiger partial charge in [0.2, 0.25) is 0 Å². The van der Waals surface area contributed by atoms with Gasteiger partial charge in [-0.05, 0) is 31.0 Å². The van der Waals surface area contributed by atoms with Crippen LogP contribution in [0.25, 0.3) is 0 Å². The van der Waals surface area contributed by atoms with Crippen LogP contribution in [-0.4, -0.2) is 24.0 Å². The van der Waals surface area contributed by atoms with Crippen molar-refractivity contribution in [1.29, 1.82) is 0 Å². The van der Waals surface area contributed by atoms with Crippen molar-refractivity contribution in [2.45, 2.75) is 25.7 Å². The number of halogens is 2. The van der Waals surface area contributed by atoms with Gasteiger partial charge in [-0.15, -0.1) is 0 Å². The van der Waals surface area contributed by atoms with Crippen molar-refractivity contribution in [3.63, 3.8) is 0 Å². The minimum Gasteiger partial charge on any atom is -0.325 e. The van der Waals surface area contributed by atoms with Crippen LogP contribution in [0.15, 0.2) is 22.7 Å². The number of likely N-dealkylation sites (tertiary alicyclic amines) is 1. The van der Waals surface area contributed by atoms with E-state index in [1.807, 2.05) is 0 Å². The van der Waals surface area contributed by atoms with Crippen LogP contribution in [0.2, 0.25) is 0 Å². The summed E-state index contributed by atoms with van der Waals surface area (Å²) in [5.74, 6) is -0.424. The smallest absolute Gasteiger partial charge is 0.321 e. The number of nitrogens with one attached hydrogen (secondary N) is 1. The SMILES string of the molecule is O=C(Nc1ccc(Br)cc1F)N1CCCCCC1. The predicted octanol–water partition coefficient (Wildman–Crippen LogP) is 4.00. The Bertz CT molecular complexity index is 431. The minimum atomic E-state index is -0.424. The van der Waals surface area contributed by atoms with Gasteiger partial charge in [-0.2, -0.15) is 0 Å². The number of anilines is 1. The Morgan fingerprint density at radius 2 is 1.89 bits per heavy atom. The molecule has 1 saturated heterocycles. The molecule has 18 heavy (non-hydrogen) atoms. The van der Waals surface area contributed by atoms with Crippen molar-refractivity contribution < 1.29 is 9.18 Å². The van der Waals surface area contributed by atoms with Crippen LogP contribution >= 0.6 is 15.9 Å². The summed E-state index contributed by atoms with van der Waals surface area (Å²) in [7, 11) is 0. The van der Waals surface area contributed by atoms with Gasteiger partial charge in [0.1, 0.15) is 5.82 Å². The summed E-state index contributed by atoms with van der Waals surface area (Å²) in [5, 5.41) is 2.63. The molecule has 3 nitrogen and oxygen atoms in total. The molecular formula is C13H16BrFN2O. The third kappa shape index (κ3) is 3.45. The lowest BCUT2D eigenvalue weighted by Gasteiger charge is -2.20. The van der Waals surface area contributed by atoms with E-state index in [0.29, 0.717) is 4.47 Å². The highest BCUT2D eigenvalue weighted by atomic mass is 79.9. The Hall–Kier alpha value is -1.10. The van der Waals surface area contributed by atoms with Crippen LogP contribution in [0.1, 0.15) is 25.7 Å². The highest BCUT2D eigenvalue weighted by molar-refractivity contribution is 9.10. The van der Waals surface area contributed by atoms with Crippen LogP contribution in [0.4, 0.5) is 14.9 Å². The summed E-state index contributed by atoms with van der Waals surface area (Å²) in [5.41, 5.74) is 0.229. The molecular weight excluding hydrogens is 299 g/mol. The second-order valence-corrected chi connectivity index (χ2v) is 5.37. The number of hydrogen-bond donors (Lipinski definition) is 1. The molecule has 5 heteroatoms. The molecule has 1 fully saturated rings. The Kier molecular flexibility index (Phi) is 4.58. The zero-order chi connectivity index (χ0) is 13.0. The third-order valence-corrected chi connectivity index (χ3v) is 3.56. The highest BCUT2D eigenvalue weighted by Crippen LogP contribution is 2.20. The number of carbonyl (C=O) groups excluding carboxylic acids is 1. The number of benzene rings is 1. The topological polar surface area (TPSA) is 32.3 Å². The summed E-state index contributed by atoms with van der Waals surface area (Å²) in [6, 6.07) is 4.41. The fourth-order valence-corrected chi connectivity index (χ4v) is 2.39. The molecule has 1 aromatic carbocycles. The Morgan fingerprint density at radius 1 is 1.22 bits per heavy atom. The van der Waals surface area contributed by atoms with E-state index < -0.39 is 5.82 Å². The quantitative estimate of drug-likeness (QED) is 0.835. The van der Waals surface area contributed by atoms with Gasteiger partial charge in [-0.25, -0.2) is 9.18 Å². The molecule has 1 aromatic rings. The van der Waals surface area contributed by atoms with E-state index in [1.165, 1.54) is 6.07 Å². The van der Waals surface area contributed by atoms with E-state index in [0.717, 1.165) is 38.8 Å². The van der Waals surface area contributed by atoms with Gasteiger partial charge in [-0.1, -0.05) is 28.8 Å². The van der Waals surface area contributed by atoms with Gasteiger partial charge < -0.3 is 10.2 Å². The fourth-order valence-electron chi connectivity index (χ4n) is 2.06. The predicted molar refractivity (Wildman–Crippen MR) is 73.2 cm³/mol. The largest absolute Gasteiger partial charge is 0.325 e. The lowest BCUT2D eigenvalue weighted by molar-refractivity contribution is 0.213. The van der Waals surface area contributed by atoms with E-state index in [1.54, 1.807) is 17.0 Å². The first-order chi connectivity index (χ1) is 8.66. The lowest BCUT2D eigenvalue weighted by Crippen LogP contribution is -2.35. The molecule has 0 radical (unpaired) electrons. The number of hydrogen-bond acceptors (Lipinski definition) is 1. The van der Waals surface area contributed by atoms with Crippen molar-refractivity contribution in [2.75, 3.05) is 18.4 Å². The zero-order valence-electron chi connectivity index (χ0n) is 10.1. The van der Waals surface area contributed by atoms with Gasteiger partial charge >= 0.3 is 6.03 Å². The summed E-state index contributed by atoms with van der Waals surface area (Å²) >= 11 is 3.19. The average Bonchev–Trinajstić information content (AvgIpc) is 2.61. The summed E-state index contributed by atoms with van der Waals surface area (Å²) < 4.78 is 14.3. The number of rotatable bonds is 1. The maximum Gasteiger partial charge on any atom is 0.321 e. The van der Waals surface area contributed by atoms with Crippen molar-refractivity contribution >= 4 is 27.6 Å². The Labute approximate surface area is 114 Å². The maximum atomic E-state index is 13.6. The molecule has 1 aliphatic rings. The maximum absolute atomic E-state index is 13.6. The van der Waals surface area contributed by atoms with E-state index in [9.17, 15) is 9.18 Å². The summed E-state index contributed by atoms with van der Waals surface area (Å²) in [6.45, 7) is 1.51. The van der Waals surface area contributed by atoms with Crippen LogP contribution in [0.5, 0.6) is 0 Å². The molecule has 2 rings (SSSR count). The van der Waals surface area contributed by atoms with Crippen LogP contribution in [0, 0.1) is 5.82 Å². The molecule has 0 unspecified atom stereocenters. The van der Waals surface area contributed by atoms with Gasteiger partial charge in [-0.3, -0.25) is 0 Å². The molecule has 1 aliphatic heterocycles. The molecule has 1 heterocycles. The number of carbonyl (C=O) groups is 1. The second kappa shape index (κ2) is 6.18. The van der Waals surface area contributed by atoms with Crippen molar-refractivity contribution in [3.8, 4) is 0 Å². The van der Waals surface area contributed by atoms with Gasteiger partial charge in [0, 0.05) is 17.6 Å². The normalized spacial score (nSPS) is 16.2. The molecule has 0 aliphatic carbocycles. The van der Waals surface area contributed by atoms with Crippen LogP contribution in [-0.2, 0) is 0 Å². The molecule has 2 amide bonds. The molecule has 98 valence electrons. The van der Waals surface area contributed by atoms with E-state index in [4.69, 9.17) is 0 Å². The Morgan fingerprint density at radius 3 is 2.50 bits per heavy atom. The van der Waals surface area contributed by atoms with E-state index >= 15 is 0 Å². The van der Waals surface area contributed by atoms with E-state index in [-0.39, 0.29) is 11.7 Å². The molecule has 0 spiro atoms. The highest BCUT2D eigenvalue weighted by Gasteiger charge is 2.16. The van der Waals surface area contributed by atoms with Crippen molar-refractivity contribution in [1.82, 2.24) is 4.90 Å². The first-order valence-electron chi connectivity index (χ1n) is 6.18. The monoisotopic (exact) mass is 314 g/mol. The van der Waals surface area contributed by atoms with Gasteiger partial charge in [0.15, 0.2) is 0 Å². The molecule has 0 bridgehead atoms. The molecule has 1 N–H and O–H groups in total. The van der Waals surface area contributed by atoms with Gasteiger partial charge in [0.05, 0.1) is 5.69 Å². The van der Waals surface area contributed by atoms with Gasteiger partial charge in [0.25, 0.3) is 0 Å². The van der Waals surface area contributed by atoms with E-state index in [2.05, 4.69) is 21.2 Å². The van der Waals surface area contributed by atoms with Crippen LogP contribution in [0.3, 0.4) is 0 Å². The van der Waals surface area contributed by atoms with Crippen molar-refractivity contribution in [2.24, 2.45) is 0 Å². The zero-order valence-corrected chi connectivity index (χ0v) is 11.7. The lowest BCUT2D eigenvalue weighted by atomic mass is 10.2. The number of amides is 2. The Balaban J connectivity index is 2.01. The second-order valence-electron chi connectivity index (χ2n) is 4.46. The fraction of sp³-hybridized carbons (Fsp3) is 0.462. The third-order valence-electron chi connectivity index (χ3n) is 3.07. The number of nitrogens with zero attached hydrogens (tertiary/aromatic N) is 1. The minimum absolute atomic E-state index is 0.210. The standard InChI is InChI=1S/C13H16BrFN2O/c14-10-5-6-12(11(15)9-10)16-13(18)17-7-3-1-2-4-8-17/h5-6,9H,1-4,7-8H2,(H,16,18). The van der Waals surface area contributed by atoms with Crippen LogP contribution < -0.4 is 5.32 Å². The molecule has 0 atom stereocenters. The number of urea groups is 1. The summed E-state index contributed by atoms with van der Waals surface area (Å²) in [4.78, 5) is 13.8. The first kappa shape index (κ1) is 13.3. The molecule has 0 aromatic heterocycles.